The standard InChI is InChI=1S/C23H29NO5/c1-4-28-19-9-5-17(6-10-19)13-14-29-20-11-7-18(8-12-20)15-21(23(26)27)24-22(25)16(2)3/h5-12,16,21H,4,13-15H2,1-3H3,(H,24,25)(H,26,27). The van der Waals surface area contributed by atoms with Crippen molar-refractivity contribution in [2.45, 2.75) is 39.7 Å². The second-order valence-corrected chi connectivity index (χ2v) is 7.08. The van der Waals surface area contributed by atoms with Crippen molar-refractivity contribution in [2.75, 3.05) is 13.2 Å². The van der Waals surface area contributed by atoms with Gasteiger partial charge in [-0.05, 0) is 42.3 Å². The highest BCUT2D eigenvalue weighted by Gasteiger charge is 2.21. The number of nitrogens with one attached hydrogen (secondary N) is 1. The molecule has 1 unspecified atom stereocenters. The maximum atomic E-state index is 11.8. The van der Waals surface area contributed by atoms with Crippen molar-refractivity contribution in [3.63, 3.8) is 0 Å². The van der Waals surface area contributed by atoms with Crippen LogP contribution in [0.1, 0.15) is 31.9 Å². The topological polar surface area (TPSA) is 84.9 Å². The number of rotatable bonds is 11. The highest BCUT2D eigenvalue weighted by molar-refractivity contribution is 5.84. The van der Waals surface area contributed by atoms with E-state index in [0.717, 1.165) is 29.0 Å². The third kappa shape index (κ3) is 7.49. The van der Waals surface area contributed by atoms with E-state index in [9.17, 15) is 14.7 Å². The average Bonchev–Trinajstić information content (AvgIpc) is 2.70. The van der Waals surface area contributed by atoms with Crippen LogP contribution in [-0.2, 0) is 22.4 Å². The molecule has 2 rings (SSSR count). The Bertz CT molecular complexity index is 784. The van der Waals surface area contributed by atoms with Crippen molar-refractivity contribution in [1.82, 2.24) is 5.32 Å². The highest BCUT2D eigenvalue weighted by atomic mass is 16.5. The lowest BCUT2D eigenvalue weighted by Crippen LogP contribution is -2.44. The van der Waals surface area contributed by atoms with Crippen LogP contribution in [0.15, 0.2) is 48.5 Å². The molecule has 1 atom stereocenters. The number of amides is 1. The van der Waals surface area contributed by atoms with E-state index >= 15 is 0 Å². The lowest BCUT2D eigenvalue weighted by molar-refractivity contribution is -0.142. The molecule has 2 aromatic rings. The second-order valence-electron chi connectivity index (χ2n) is 7.08. The number of aliphatic carboxylic acids is 1. The van der Waals surface area contributed by atoms with Crippen molar-refractivity contribution in [1.29, 1.82) is 0 Å². The minimum Gasteiger partial charge on any atom is -0.494 e. The lowest BCUT2D eigenvalue weighted by Gasteiger charge is -2.16. The Morgan fingerprint density at radius 2 is 1.48 bits per heavy atom. The maximum absolute atomic E-state index is 11.8. The Morgan fingerprint density at radius 1 is 0.931 bits per heavy atom. The molecule has 0 aliphatic rings. The lowest BCUT2D eigenvalue weighted by atomic mass is 10.0. The highest BCUT2D eigenvalue weighted by Crippen LogP contribution is 2.16. The van der Waals surface area contributed by atoms with Gasteiger partial charge in [-0.3, -0.25) is 4.79 Å². The molecule has 6 heteroatoms. The molecular formula is C23H29NO5. The summed E-state index contributed by atoms with van der Waals surface area (Å²) in [5.74, 6) is -0.000826. The minimum atomic E-state index is -1.05. The third-order valence-corrected chi connectivity index (χ3v) is 4.40. The van der Waals surface area contributed by atoms with Gasteiger partial charge in [-0.15, -0.1) is 0 Å². The number of carboxylic acid groups (broad SMARTS) is 1. The minimum absolute atomic E-state index is 0.222. The summed E-state index contributed by atoms with van der Waals surface area (Å²) in [7, 11) is 0. The van der Waals surface area contributed by atoms with E-state index < -0.39 is 12.0 Å². The number of carbonyl (C=O) groups excluding carboxylic acids is 1. The zero-order valence-electron chi connectivity index (χ0n) is 17.2. The Kier molecular flexibility index (Phi) is 8.52. The van der Waals surface area contributed by atoms with Crippen LogP contribution in [0, 0.1) is 5.92 Å². The first kappa shape index (κ1) is 22.3. The van der Waals surface area contributed by atoms with E-state index in [-0.39, 0.29) is 18.2 Å². The zero-order valence-corrected chi connectivity index (χ0v) is 17.2. The molecule has 0 aliphatic heterocycles. The summed E-state index contributed by atoms with van der Waals surface area (Å²) >= 11 is 0. The molecule has 2 aromatic carbocycles. The predicted octanol–water partition coefficient (Wildman–Crippen LogP) is 3.47. The van der Waals surface area contributed by atoms with Crippen molar-refractivity contribution >= 4 is 11.9 Å². The number of hydrogen-bond donors (Lipinski definition) is 2. The molecular weight excluding hydrogens is 370 g/mol. The molecule has 0 bridgehead atoms. The third-order valence-electron chi connectivity index (χ3n) is 4.40. The SMILES string of the molecule is CCOc1ccc(CCOc2ccc(CC(NC(=O)C(C)C)C(=O)O)cc2)cc1. The summed E-state index contributed by atoms with van der Waals surface area (Å²) in [5, 5.41) is 11.9. The van der Waals surface area contributed by atoms with Gasteiger partial charge in [-0.2, -0.15) is 0 Å². The second kappa shape index (κ2) is 11.1. The fourth-order valence-electron chi connectivity index (χ4n) is 2.70. The first-order chi connectivity index (χ1) is 13.9. The quantitative estimate of drug-likeness (QED) is 0.604. The monoisotopic (exact) mass is 399 g/mol. The molecule has 2 N–H and O–H groups in total. The van der Waals surface area contributed by atoms with Gasteiger partial charge in [0.25, 0.3) is 0 Å². The van der Waals surface area contributed by atoms with Gasteiger partial charge >= 0.3 is 5.97 Å². The number of ether oxygens (including phenoxy) is 2. The van der Waals surface area contributed by atoms with Crippen LogP contribution in [0.25, 0.3) is 0 Å². The number of benzene rings is 2. The van der Waals surface area contributed by atoms with Gasteiger partial charge in [0.1, 0.15) is 17.5 Å². The molecule has 0 saturated heterocycles. The maximum Gasteiger partial charge on any atom is 0.326 e. The van der Waals surface area contributed by atoms with Gasteiger partial charge in [-0.1, -0.05) is 38.1 Å². The van der Waals surface area contributed by atoms with Gasteiger partial charge in [0.05, 0.1) is 13.2 Å². The van der Waals surface area contributed by atoms with Gasteiger partial charge in [0, 0.05) is 18.8 Å². The summed E-state index contributed by atoms with van der Waals surface area (Å²) in [6.07, 6.45) is 0.997. The fraction of sp³-hybridized carbons (Fsp3) is 0.391. The summed E-state index contributed by atoms with van der Waals surface area (Å²) in [4.78, 5) is 23.2. The normalized spacial score (nSPS) is 11.7. The summed E-state index contributed by atoms with van der Waals surface area (Å²) in [5.41, 5.74) is 1.98. The van der Waals surface area contributed by atoms with Crippen LogP contribution in [0.5, 0.6) is 11.5 Å². The van der Waals surface area contributed by atoms with Crippen molar-refractivity contribution in [2.24, 2.45) is 5.92 Å². The number of hydrogen-bond acceptors (Lipinski definition) is 4. The fourth-order valence-corrected chi connectivity index (χ4v) is 2.70. The number of carbonyl (C=O) groups is 2. The van der Waals surface area contributed by atoms with Gasteiger partial charge in [-0.25, -0.2) is 4.79 Å². The molecule has 0 spiro atoms. The van der Waals surface area contributed by atoms with Gasteiger partial charge in [0.15, 0.2) is 0 Å². The van der Waals surface area contributed by atoms with Gasteiger partial charge < -0.3 is 19.9 Å². The van der Waals surface area contributed by atoms with Gasteiger partial charge in [0.2, 0.25) is 5.91 Å². The molecule has 1 amide bonds. The van der Waals surface area contributed by atoms with Crippen LogP contribution in [0.2, 0.25) is 0 Å². The van der Waals surface area contributed by atoms with E-state index in [4.69, 9.17) is 9.47 Å². The van der Waals surface area contributed by atoms with Crippen LogP contribution < -0.4 is 14.8 Å². The van der Waals surface area contributed by atoms with Crippen LogP contribution >= 0.6 is 0 Å². The largest absolute Gasteiger partial charge is 0.494 e. The Morgan fingerprint density at radius 3 is 2.00 bits per heavy atom. The first-order valence-electron chi connectivity index (χ1n) is 9.85. The predicted molar refractivity (Wildman–Crippen MR) is 111 cm³/mol. The van der Waals surface area contributed by atoms with Crippen molar-refractivity contribution < 1.29 is 24.2 Å². The van der Waals surface area contributed by atoms with Crippen LogP contribution in [0.3, 0.4) is 0 Å². The van der Waals surface area contributed by atoms with Crippen molar-refractivity contribution in [3.8, 4) is 11.5 Å². The molecule has 6 nitrogen and oxygen atoms in total. The molecule has 29 heavy (non-hydrogen) atoms. The van der Waals surface area contributed by atoms with E-state index in [1.165, 1.54) is 0 Å². The number of carboxylic acids is 1. The molecule has 156 valence electrons. The van der Waals surface area contributed by atoms with Crippen LogP contribution in [0.4, 0.5) is 0 Å². The van der Waals surface area contributed by atoms with Crippen LogP contribution in [-0.4, -0.2) is 36.2 Å². The van der Waals surface area contributed by atoms with E-state index in [0.29, 0.717) is 13.2 Å². The average molecular weight is 399 g/mol. The molecule has 0 saturated carbocycles. The Hall–Kier alpha value is -3.02. The molecule has 0 aliphatic carbocycles. The van der Waals surface area contributed by atoms with E-state index in [1.807, 2.05) is 55.5 Å². The first-order valence-corrected chi connectivity index (χ1v) is 9.85. The molecule has 0 radical (unpaired) electrons. The molecule has 0 fully saturated rings. The summed E-state index contributed by atoms with van der Waals surface area (Å²) in [6.45, 7) is 6.60. The van der Waals surface area contributed by atoms with E-state index in [2.05, 4.69) is 5.32 Å². The Balaban J connectivity index is 1.84. The Labute approximate surface area is 171 Å². The smallest absolute Gasteiger partial charge is 0.326 e. The molecule has 0 aromatic heterocycles. The molecule has 0 heterocycles. The van der Waals surface area contributed by atoms with Crippen molar-refractivity contribution in [3.05, 3.63) is 59.7 Å². The summed E-state index contributed by atoms with van der Waals surface area (Å²) < 4.78 is 11.2. The zero-order chi connectivity index (χ0) is 21.2. The summed E-state index contributed by atoms with van der Waals surface area (Å²) in [6, 6.07) is 14.3. The van der Waals surface area contributed by atoms with E-state index in [1.54, 1.807) is 13.8 Å².